The molecular weight excluding hydrogens is 264 g/mol. The molecule has 0 atom stereocenters. The molecule has 0 radical (unpaired) electrons. The van der Waals surface area contributed by atoms with Gasteiger partial charge < -0.3 is 14.8 Å². The van der Waals surface area contributed by atoms with Crippen LogP contribution in [0.15, 0.2) is 36.4 Å². The number of hydrogen-bond acceptors (Lipinski definition) is 3. The van der Waals surface area contributed by atoms with Crippen LogP contribution in [0.5, 0.6) is 11.5 Å². The van der Waals surface area contributed by atoms with Gasteiger partial charge in [0.15, 0.2) is 0 Å². The molecule has 19 heavy (non-hydrogen) atoms. The van der Waals surface area contributed by atoms with E-state index in [0.717, 1.165) is 11.0 Å². The molecule has 5 heteroatoms. The van der Waals surface area contributed by atoms with Crippen molar-refractivity contribution in [3.8, 4) is 22.9 Å². The molecule has 2 aromatic carbocycles. The van der Waals surface area contributed by atoms with Gasteiger partial charge in [0.2, 0.25) is 0 Å². The molecule has 0 amide bonds. The van der Waals surface area contributed by atoms with E-state index in [1.807, 2.05) is 24.3 Å². The Morgan fingerprint density at radius 2 is 2.05 bits per heavy atom. The standard InChI is InChI=1S/C14H11ClN2O2/c1-19-8-6-9(15)13(12(18)7-8)14-16-10-4-2-3-5-11(10)17-14/h2-7,18H,1H3,(H,16,17). The molecule has 96 valence electrons. The number of phenolic OH excluding ortho intramolecular Hbond substituents is 1. The third-order valence-corrected chi connectivity index (χ3v) is 3.20. The number of aromatic hydroxyl groups is 1. The number of phenols is 1. The van der Waals surface area contributed by atoms with Crippen molar-refractivity contribution in [3.63, 3.8) is 0 Å². The number of H-pyrrole nitrogens is 1. The van der Waals surface area contributed by atoms with E-state index in [-0.39, 0.29) is 5.75 Å². The molecule has 0 fully saturated rings. The minimum absolute atomic E-state index is 0.0309. The normalized spacial score (nSPS) is 10.8. The van der Waals surface area contributed by atoms with Crippen molar-refractivity contribution in [2.24, 2.45) is 0 Å². The number of nitrogens with zero attached hydrogens (tertiary/aromatic N) is 1. The van der Waals surface area contributed by atoms with Gasteiger partial charge in [-0.2, -0.15) is 0 Å². The summed E-state index contributed by atoms with van der Waals surface area (Å²) in [5, 5.41) is 10.4. The highest BCUT2D eigenvalue weighted by atomic mass is 35.5. The van der Waals surface area contributed by atoms with Crippen LogP contribution in [-0.2, 0) is 0 Å². The number of para-hydroxylation sites is 2. The first-order chi connectivity index (χ1) is 9.19. The summed E-state index contributed by atoms with van der Waals surface area (Å²) in [5.41, 5.74) is 2.19. The fourth-order valence-electron chi connectivity index (χ4n) is 1.99. The highest BCUT2D eigenvalue weighted by Crippen LogP contribution is 2.38. The lowest BCUT2D eigenvalue weighted by Crippen LogP contribution is -1.87. The van der Waals surface area contributed by atoms with Gasteiger partial charge in [-0.05, 0) is 18.2 Å². The number of nitrogens with one attached hydrogen (secondary N) is 1. The Labute approximate surface area is 114 Å². The van der Waals surface area contributed by atoms with Crippen molar-refractivity contribution >= 4 is 22.6 Å². The number of fused-ring (bicyclic) bond motifs is 1. The molecule has 3 aromatic rings. The topological polar surface area (TPSA) is 58.1 Å². The Morgan fingerprint density at radius 1 is 1.26 bits per heavy atom. The highest BCUT2D eigenvalue weighted by molar-refractivity contribution is 6.33. The second-order valence-corrected chi connectivity index (χ2v) is 4.51. The van der Waals surface area contributed by atoms with Crippen LogP contribution in [-0.4, -0.2) is 22.2 Å². The molecular formula is C14H11ClN2O2. The van der Waals surface area contributed by atoms with Gasteiger partial charge in [-0.15, -0.1) is 0 Å². The number of hydrogen-bond donors (Lipinski definition) is 2. The summed E-state index contributed by atoms with van der Waals surface area (Å²) in [7, 11) is 1.52. The predicted octanol–water partition coefficient (Wildman–Crippen LogP) is 3.60. The fourth-order valence-corrected chi connectivity index (χ4v) is 2.29. The molecule has 0 saturated carbocycles. The summed E-state index contributed by atoms with van der Waals surface area (Å²) in [4.78, 5) is 7.55. The van der Waals surface area contributed by atoms with Gasteiger partial charge in [-0.3, -0.25) is 0 Å². The summed E-state index contributed by atoms with van der Waals surface area (Å²) in [6.45, 7) is 0. The summed E-state index contributed by atoms with van der Waals surface area (Å²) in [6, 6.07) is 10.8. The predicted molar refractivity (Wildman–Crippen MR) is 74.8 cm³/mol. The van der Waals surface area contributed by atoms with E-state index >= 15 is 0 Å². The van der Waals surface area contributed by atoms with Gasteiger partial charge in [0.05, 0.1) is 28.7 Å². The lowest BCUT2D eigenvalue weighted by Gasteiger charge is -2.07. The number of aromatic nitrogens is 2. The Morgan fingerprint density at radius 3 is 2.74 bits per heavy atom. The van der Waals surface area contributed by atoms with Crippen LogP contribution in [0.25, 0.3) is 22.4 Å². The van der Waals surface area contributed by atoms with Gasteiger partial charge in [0.1, 0.15) is 17.3 Å². The molecule has 1 heterocycles. The summed E-state index contributed by atoms with van der Waals surface area (Å²) < 4.78 is 5.05. The van der Waals surface area contributed by atoms with Crippen molar-refractivity contribution in [1.82, 2.24) is 9.97 Å². The van der Waals surface area contributed by atoms with E-state index in [1.165, 1.54) is 13.2 Å². The van der Waals surface area contributed by atoms with E-state index in [0.29, 0.717) is 22.2 Å². The number of halogens is 1. The molecule has 3 rings (SSSR count). The molecule has 2 N–H and O–H groups in total. The average Bonchev–Trinajstić information content (AvgIpc) is 2.80. The van der Waals surface area contributed by atoms with E-state index in [9.17, 15) is 5.11 Å². The Bertz CT molecular complexity index is 696. The van der Waals surface area contributed by atoms with E-state index in [2.05, 4.69) is 9.97 Å². The van der Waals surface area contributed by atoms with Gasteiger partial charge in [0.25, 0.3) is 0 Å². The molecule has 0 saturated heterocycles. The van der Waals surface area contributed by atoms with Gasteiger partial charge >= 0.3 is 0 Å². The number of ether oxygens (including phenoxy) is 1. The van der Waals surface area contributed by atoms with Crippen LogP contribution in [0.2, 0.25) is 5.02 Å². The Hall–Kier alpha value is -2.20. The molecule has 0 spiro atoms. The number of rotatable bonds is 2. The molecule has 0 unspecified atom stereocenters. The summed E-state index contributed by atoms with van der Waals surface area (Å²) in [5.74, 6) is 1.07. The molecule has 0 aliphatic rings. The summed E-state index contributed by atoms with van der Waals surface area (Å²) in [6.07, 6.45) is 0. The second-order valence-electron chi connectivity index (χ2n) is 4.11. The molecule has 4 nitrogen and oxygen atoms in total. The lowest BCUT2D eigenvalue weighted by molar-refractivity contribution is 0.408. The number of methoxy groups -OCH3 is 1. The highest BCUT2D eigenvalue weighted by Gasteiger charge is 2.15. The summed E-state index contributed by atoms with van der Waals surface area (Å²) >= 11 is 6.18. The number of aromatic amines is 1. The first-order valence-corrected chi connectivity index (χ1v) is 6.08. The van der Waals surface area contributed by atoms with Gasteiger partial charge in [-0.25, -0.2) is 4.98 Å². The average molecular weight is 275 g/mol. The maximum Gasteiger partial charge on any atom is 0.143 e. The minimum atomic E-state index is 0.0309. The minimum Gasteiger partial charge on any atom is -0.507 e. The quantitative estimate of drug-likeness (QED) is 0.751. The smallest absolute Gasteiger partial charge is 0.143 e. The largest absolute Gasteiger partial charge is 0.507 e. The monoisotopic (exact) mass is 274 g/mol. The molecule has 1 aromatic heterocycles. The van der Waals surface area contributed by atoms with E-state index < -0.39 is 0 Å². The Balaban J connectivity index is 2.21. The van der Waals surface area contributed by atoms with Crippen LogP contribution in [0.4, 0.5) is 0 Å². The third-order valence-electron chi connectivity index (χ3n) is 2.90. The number of benzene rings is 2. The van der Waals surface area contributed by atoms with Crippen LogP contribution in [0.1, 0.15) is 0 Å². The van der Waals surface area contributed by atoms with Crippen LogP contribution < -0.4 is 4.74 Å². The van der Waals surface area contributed by atoms with Gasteiger partial charge in [-0.1, -0.05) is 23.7 Å². The van der Waals surface area contributed by atoms with E-state index in [1.54, 1.807) is 6.07 Å². The first kappa shape index (κ1) is 11.9. The maximum atomic E-state index is 10.1. The second kappa shape index (κ2) is 4.48. The van der Waals surface area contributed by atoms with Crippen molar-refractivity contribution in [3.05, 3.63) is 41.4 Å². The fraction of sp³-hybridized carbons (Fsp3) is 0.0714. The lowest BCUT2D eigenvalue weighted by atomic mass is 10.2. The van der Waals surface area contributed by atoms with Crippen molar-refractivity contribution in [2.45, 2.75) is 0 Å². The zero-order valence-electron chi connectivity index (χ0n) is 10.1. The zero-order valence-corrected chi connectivity index (χ0v) is 10.9. The Kier molecular flexibility index (Phi) is 2.80. The van der Waals surface area contributed by atoms with Crippen molar-refractivity contribution < 1.29 is 9.84 Å². The van der Waals surface area contributed by atoms with Gasteiger partial charge in [0, 0.05) is 6.07 Å². The zero-order chi connectivity index (χ0) is 13.4. The van der Waals surface area contributed by atoms with Crippen molar-refractivity contribution in [1.29, 1.82) is 0 Å². The third kappa shape index (κ3) is 2.00. The maximum absolute atomic E-state index is 10.1. The first-order valence-electron chi connectivity index (χ1n) is 5.70. The van der Waals surface area contributed by atoms with Crippen LogP contribution in [0.3, 0.4) is 0 Å². The van der Waals surface area contributed by atoms with Crippen LogP contribution in [0, 0.1) is 0 Å². The molecule has 0 aliphatic carbocycles. The van der Waals surface area contributed by atoms with Crippen molar-refractivity contribution in [2.75, 3.05) is 7.11 Å². The SMILES string of the molecule is COc1cc(O)c(-c2nc3ccccc3[nH]2)c(Cl)c1. The molecule has 0 aliphatic heterocycles. The van der Waals surface area contributed by atoms with Crippen LogP contribution >= 0.6 is 11.6 Å². The van der Waals surface area contributed by atoms with E-state index in [4.69, 9.17) is 16.3 Å². The molecule has 0 bridgehead atoms. The number of imidazole rings is 1.